The second-order valence-electron chi connectivity index (χ2n) is 7.53. The van der Waals surface area contributed by atoms with Crippen LogP contribution in [0.4, 0.5) is 0 Å². The zero-order chi connectivity index (χ0) is 22.3. The Morgan fingerprint density at radius 1 is 0.897 bits per heavy atom. The Morgan fingerprint density at radius 2 is 1.38 bits per heavy atom. The van der Waals surface area contributed by atoms with Crippen molar-refractivity contribution in [1.82, 2.24) is 10.6 Å². The highest BCUT2D eigenvalue weighted by Gasteiger charge is 2.17. The van der Waals surface area contributed by atoms with E-state index in [2.05, 4.69) is 41.4 Å². The first-order chi connectivity index (χ1) is 14.0. The molecule has 1 saturated heterocycles. The number of nitrogens with one attached hydrogen (secondary N) is 2. The average molecular weight is 413 g/mol. The third kappa shape index (κ3) is 29.3. The molecule has 172 valence electrons. The van der Waals surface area contributed by atoms with Crippen LogP contribution in [0.5, 0.6) is 0 Å². The fourth-order valence-corrected chi connectivity index (χ4v) is 1.77. The summed E-state index contributed by atoms with van der Waals surface area (Å²) in [6.07, 6.45) is 7.21. The number of hydrogen-bond donors (Lipinski definition) is 2. The van der Waals surface area contributed by atoms with Crippen LogP contribution in [0.25, 0.3) is 0 Å². The van der Waals surface area contributed by atoms with Gasteiger partial charge in [-0.1, -0.05) is 55.7 Å². The van der Waals surface area contributed by atoms with E-state index in [9.17, 15) is 0 Å². The van der Waals surface area contributed by atoms with Crippen LogP contribution in [0, 0.1) is 12.8 Å². The lowest BCUT2D eigenvalue weighted by atomic mass is 10.2. The van der Waals surface area contributed by atoms with Gasteiger partial charge in [0.15, 0.2) is 0 Å². The van der Waals surface area contributed by atoms with Crippen molar-refractivity contribution in [1.29, 1.82) is 0 Å². The van der Waals surface area contributed by atoms with Crippen LogP contribution in [-0.4, -0.2) is 67.8 Å². The molecule has 4 rings (SSSR count). The number of ether oxygens (including phenoxy) is 3. The van der Waals surface area contributed by atoms with E-state index in [0.717, 1.165) is 31.6 Å². The monoisotopic (exact) mass is 412 g/mol. The molecular weight excluding hydrogens is 364 g/mol. The van der Waals surface area contributed by atoms with Gasteiger partial charge in [-0.15, -0.1) is 0 Å². The Bertz CT molecular complexity index is 402. The molecule has 5 heteroatoms. The molecule has 3 aliphatic rings. The van der Waals surface area contributed by atoms with Crippen molar-refractivity contribution in [2.45, 2.75) is 58.1 Å². The van der Waals surface area contributed by atoms with E-state index in [1.165, 1.54) is 31.2 Å². The molecule has 0 amide bonds. The molecule has 1 unspecified atom stereocenters. The summed E-state index contributed by atoms with van der Waals surface area (Å²) in [4.78, 5) is 0. The smallest absolute Gasteiger partial charge is 0.0826 e. The summed E-state index contributed by atoms with van der Waals surface area (Å²) in [6.45, 7) is 6.02. The second-order valence-corrected chi connectivity index (χ2v) is 7.53. The molecule has 2 N–H and O–H groups in total. The minimum atomic E-state index is 0.375. The van der Waals surface area contributed by atoms with Gasteiger partial charge in [0.25, 0.3) is 0 Å². The van der Waals surface area contributed by atoms with Gasteiger partial charge in [-0.05, 0) is 53.2 Å². The Kier molecular flexibility index (Phi) is 24.3. The highest BCUT2D eigenvalue weighted by molar-refractivity contribution is 5.11. The van der Waals surface area contributed by atoms with Crippen LogP contribution in [-0.2, 0) is 14.2 Å². The van der Waals surface area contributed by atoms with Gasteiger partial charge in [-0.2, -0.15) is 0 Å². The molecule has 1 aromatic carbocycles. The van der Waals surface area contributed by atoms with Crippen molar-refractivity contribution in [3.05, 3.63) is 35.9 Å². The lowest BCUT2D eigenvalue weighted by molar-refractivity contribution is 0.0822. The van der Waals surface area contributed by atoms with Crippen LogP contribution in [0.2, 0.25) is 0 Å². The summed E-state index contributed by atoms with van der Waals surface area (Å²) in [5.74, 6) is 1.08. The highest BCUT2D eigenvalue weighted by atomic mass is 16.5. The fourth-order valence-electron chi connectivity index (χ4n) is 1.77. The zero-order valence-electron chi connectivity index (χ0n) is 20.3. The molecule has 1 atom stereocenters. The van der Waals surface area contributed by atoms with E-state index in [-0.39, 0.29) is 0 Å². The second kappa shape index (κ2) is 23.3. The van der Waals surface area contributed by atoms with Gasteiger partial charge in [0.1, 0.15) is 0 Å². The summed E-state index contributed by atoms with van der Waals surface area (Å²) >= 11 is 0. The van der Waals surface area contributed by atoms with Gasteiger partial charge in [-0.3, -0.25) is 0 Å². The normalized spacial score (nSPS) is 18.6. The summed E-state index contributed by atoms with van der Waals surface area (Å²) in [5.41, 5.74) is 1.32. The van der Waals surface area contributed by atoms with Crippen LogP contribution in [0.15, 0.2) is 30.3 Å². The first kappa shape index (κ1) is 30.2. The number of aryl methyl sites for hydroxylation is 1. The first-order valence-electron chi connectivity index (χ1n) is 10.8. The van der Waals surface area contributed by atoms with Crippen molar-refractivity contribution >= 4 is 0 Å². The molecule has 0 spiro atoms. The summed E-state index contributed by atoms with van der Waals surface area (Å²) < 4.78 is 14.3. The quantitative estimate of drug-likeness (QED) is 0.758. The SMILES string of the molecule is CC1CC1.CNC.CNC1CC1.COC.COC1CCOC1.Cc1ccccc1. The molecule has 2 aliphatic carbocycles. The molecule has 0 bridgehead atoms. The summed E-state index contributed by atoms with van der Waals surface area (Å²) in [6, 6.07) is 11.1. The largest absolute Gasteiger partial charge is 0.388 e. The van der Waals surface area contributed by atoms with Crippen LogP contribution >= 0.6 is 0 Å². The van der Waals surface area contributed by atoms with Crippen molar-refractivity contribution in [3.8, 4) is 0 Å². The Labute approximate surface area is 180 Å². The molecule has 5 nitrogen and oxygen atoms in total. The molecule has 1 heterocycles. The number of rotatable bonds is 2. The predicted octanol–water partition coefficient (Wildman–Crippen LogP) is 4.30. The minimum Gasteiger partial charge on any atom is -0.388 e. The Morgan fingerprint density at radius 3 is 1.52 bits per heavy atom. The average Bonchev–Trinajstić information content (AvgIpc) is 3.65. The van der Waals surface area contributed by atoms with Crippen molar-refractivity contribution in [2.75, 3.05) is 55.7 Å². The van der Waals surface area contributed by atoms with Crippen LogP contribution in [0.1, 0.15) is 44.6 Å². The topological polar surface area (TPSA) is 51.8 Å². The van der Waals surface area contributed by atoms with Crippen LogP contribution < -0.4 is 10.6 Å². The van der Waals surface area contributed by atoms with Crippen LogP contribution in [0.3, 0.4) is 0 Å². The lowest BCUT2D eigenvalue weighted by Crippen LogP contribution is -2.07. The number of hydrogen-bond acceptors (Lipinski definition) is 5. The van der Waals surface area contributed by atoms with Gasteiger partial charge in [0, 0.05) is 34.0 Å². The Balaban J connectivity index is 0. The number of methoxy groups -OCH3 is 2. The molecular formula is C24H48N2O3. The maximum absolute atomic E-state index is 5.02. The van der Waals surface area contributed by atoms with Gasteiger partial charge in [-0.25, -0.2) is 0 Å². The summed E-state index contributed by atoms with van der Waals surface area (Å²) in [5, 5.41) is 5.89. The molecule has 29 heavy (non-hydrogen) atoms. The summed E-state index contributed by atoms with van der Waals surface area (Å²) in [7, 11) is 10.7. The van der Waals surface area contributed by atoms with E-state index in [1.807, 2.05) is 39.3 Å². The lowest BCUT2D eigenvalue weighted by Gasteiger charge is -2.00. The zero-order valence-corrected chi connectivity index (χ0v) is 20.3. The number of benzene rings is 1. The van der Waals surface area contributed by atoms with Crippen molar-refractivity contribution < 1.29 is 14.2 Å². The molecule has 1 aromatic rings. The maximum Gasteiger partial charge on any atom is 0.0826 e. The minimum absolute atomic E-state index is 0.375. The van der Waals surface area contributed by atoms with E-state index >= 15 is 0 Å². The first-order valence-corrected chi connectivity index (χ1v) is 10.8. The van der Waals surface area contributed by atoms with Gasteiger partial charge < -0.3 is 24.8 Å². The Hall–Kier alpha value is -0.980. The van der Waals surface area contributed by atoms with Crippen molar-refractivity contribution in [3.63, 3.8) is 0 Å². The fraction of sp³-hybridized carbons (Fsp3) is 0.750. The third-order valence-corrected chi connectivity index (χ3v) is 4.01. The third-order valence-electron chi connectivity index (χ3n) is 4.01. The van der Waals surface area contributed by atoms with Gasteiger partial charge >= 0.3 is 0 Å². The van der Waals surface area contributed by atoms with E-state index in [0.29, 0.717) is 6.10 Å². The highest BCUT2D eigenvalue weighted by Crippen LogP contribution is 2.26. The van der Waals surface area contributed by atoms with E-state index < -0.39 is 0 Å². The van der Waals surface area contributed by atoms with Gasteiger partial charge in [0.05, 0.1) is 12.7 Å². The van der Waals surface area contributed by atoms with E-state index in [1.54, 1.807) is 21.3 Å². The predicted molar refractivity (Wildman–Crippen MR) is 126 cm³/mol. The molecule has 0 aromatic heterocycles. The standard InChI is InChI=1S/C7H8.C5H10O2.C4H9N.C4H8.C2H7N.C2H6O/c1-7-5-3-2-4-6-7;1-6-5-2-3-7-4-5;1-5-4-2-3-4;1-4-2-3-4;2*1-3-2/h2-6H,1H3;5H,2-4H2,1H3;4-5H,2-3H2,1H3;4H,2-3H2,1H3;3H,1-2H3;1-2H3. The van der Waals surface area contributed by atoms with Gasteiger partial charge in [0.2, 0.25) is 0 Å². The van der Waals surface area contributed by atoms with Crippen molar-refractivity contribution in [2.24, 2.45) is 5.92 Å². The molecule has 2 saturated carbocycles. The molecule has 1 aliphatic heterocycles. The van der Waals surface area contributed by atoms with E-state index in [4.69, 9.17) is 9.47 Å². The molecule has 3 fully saturated rings. The molecule has 0 radical (unpaired) electrons. The maximum atomic E-state index is 5.02.